The van der Waals surface area contributed by atoms with E-state index in [2.05, 4.69) is 53.6 Å². The van der Waals surface area contributed by atoms with Crippen LogP contribution in [-0.4, -0.2) is 26.0 Å². The molecule has 1 aromatic carbocycles. The standard InChI is InChI=1S/C16H18N6S/c1-12(2)14-5-7-15(8-6-14)22-16(19-20-21-22)23-11-13(10-18)4-3-9-17/h5-8,12-13H,3-4,11H2,1-2H3/t13-/m0/s1. The summed E-state index contributed by atoms with van der Waals surface area (Å²) in [7, 11) is 0. The van der Waals surface area contributed by atoms with Crippen molar-refractivity contribution in [3.8, 4) is 17.8 Å². The first-order valence-electron chi connectivity index (χ1n) is 7.43. The van der Waals surface area contributed by atoms with E-state index in [1.54, 1.807) is 4.68 Å². The fraction of sp³-hybridized carbons (Fsp3) is 0.438. The summed E-state index contributed by atoms with van der Waals surface area (Å²) in [6, 6.07) is 12.4. The van der Waals surface area contributed by atoms with Gasteiger partial charge in [0.05, 0.1) is 23.7 Å². The molecule has 0 saturated carbocycles. The van der Waals surface area contributed by atoms with Gasteiger partial charge < -0.3 is 0 Å². The van der Waals surface area contributed by atoms with Gasteiger partial charge in [-0.1, -0.05) is 37.7 Å². The highest BCUT2D eigenvalue weighted by Gasteiger charge is 2.13. The van der Waals surface area contributed by atoms with E-state index in [0.717, 1.165) is 5.69 Å². The molecule has 0 aliphatic heterocycles. The molecule has 118 valence electrons. The molecule has 7 heteroatoms. The molecule has 0 fully saturated rings. The molecule has 0 amide bonds. The average molecular weight is 326 g/mol. The number of benzene rings is 1. The van der Waals surface area contributed by atoms with E-state index in [4.69, 9.17) is 10.5 Å². The van der Waals surface area contributed by atoms with Crippen LogP contribution in [0, 0.1) is 28.6 Å². The molecule has 0 bridgehead atoms. The van der Waals surface area contributed by atoms with Crippen LogP contribution < -0.4 is 0 Å². The van der Waals surface area contributed by atoms with Crippen molar-refractivity contribution in [3.05, 3.63) is 29.8 Å². The Labute approximate surface area is 140 Å². The van der Waals surface area contributed by atoms with Gasteiger partial charge in [0.25, 0.3) is 0 Å². The topological polar surface area (TPSA) is 91.2 Å². The second-order valence-corrected chi connectivity index (χ2v) is 6.44. The number of nitriles is 2. The highest BCUT2D eigenvalue weighted by Crippen LogP contribution is 2.23. The van der Waals surface area contributed by atoms with Crippen molar-refractivity contribution in [1.29, 1.82) is 10.5 Å². The first-order chi connectivity index (χ1) is 11.2. The van der Waals surface area contributed by atoms with Gasteiger partial charge in [-0.2, -0.15) is 15.2 Å². The molecule has 2 rings (SSSR count). The number of rotatable bonds is 7. The lowest BCUT2D eigenvalue weighted by Gasteiger charge is -2.09. The molecule has 0 aliphatic rings. The van der Waals surface area contributed by atoms with E-state index < -0.39 is 0 Å². The lowest BCUT2D eigenvalue weighted by atomic mass is 10.0. The predicted molar refractivity (Wildman–Crippen MR) is 87.9 cm³/mol. The van der Waals surface area contributed by atoms with Gasteiger partial charge in [-0.3, -0.25) is 0 Å². The molecule has 0 spiro atoms. The van der Waals surface area contributed by atoms with E-state index in [0.29, 0.717) is 29.7 Å². The fourth-order valence-corrected chi connectivity index (χ4v) is 2.98. The summed E-state index contributed by atoms with van der Waals surface area (Å²) in [6.07, 6.45) is 0.963. The fourth-order valence-electron chi connectivity index (χ4n) is 2.03. The Kier molecular flexibility index (Phi) is 6.13. The quantitative estimate of drug-likeness (QED) is 0.725. The van der Waals surface area contributed by atoms with Crippen LogP contribution >= 0.6 is 11.8 Å². The first-order valence-corrected chi connectivity index (χ1v) is 8.42. The van der Waals surface area contributed by atoms with Crippen LogP contribution in [0.1, 0.15) is 38.2 Å². The minimum Gasteiger partial charge on any atom is -0.198 e. The van der Waals surface area contributed by atoms with Gasteiger partial charge in [0.15, 0.2) is 0 Å². The minimum absolute atomic E-state index is 0.173. The number of hydrogen-bond acceptors (Lipinski definition) is 6. The summed E-state index contributed by atoms with van der Waals surface area (Å²) >= 11 is 1.44. The molecule has 1 aromatic heterocycles. The normalized spacial score (nSPS) is 11.9. The Balaban J connectivity index is 2.07. The van der Waals surface area contributed by atoms with Crippen molar-refractivity contribution in [2.45, 2.75) is 37.8 Å². The Morgan fingerprint density at radius 3 is 2.57 bits per heavy atom. The van der Waals surface area contributed by atoms with Crippen molar-refractivity contribution in [3.63, 3.8) is 0 Å². The Bertz CT molecular complexity index is 707. The summed E-state index contributed by atoms with van der Waals surface area (Å²) in [4.78, 5) is 0. The monoisotopic (exact) mass is 326 g/mol. The Morgan fingerprint density at radius 1 is 1.22 bits per heavy atom. The third kappa shape index (κ3) is 4.54. The van der Waals surface area contributed by atoms with Crippen LogP contribution in [0.5, 0.6) is 0 Å². The molecule has 0 N–H and O–H groups in total. The van der Waals surface area contributed by atoms with E-state index in [-0.39, 0.29) is 5.92 Å². The third-order valence-electron chi connectivity index (χ3n) is 3.45. The van der Waals surface area contributed by atoms with Gasteiger partial charge in [-0.15, -0.1) is 5.10 Å². The zero-order valence-electron chi connectivity index (χ0n) is 13.2. The number of hydrogen-bond donors (Lipinski definition) is 0. The molecule has 0 radical (unpaired) electrons. The smallest absolute Gasteiger partial charge is 0.198 e. The molecular weight excluding hydrogens is 308 g/mol. The zero-order valence-corrected chi connectivity index (χ0v) is 14.0. The van der Waals surface area contributed by atoms with Crippen molar-refractivity contribution in [2.75, 3.05) is 5.75 Å². The van der Waals surface area contributed by atoms with E-state index in [9.17, 15) is 0 Å². The average Bonchev–Trinajstić information content (AvgIpc) is 3.03. The summed E-state index contributed by atoms with van der Waals surface area (Å²) in [5, 5.41) is 30.2. The third-order valence-corrected chi connectivity index (χ3v) is 4.53. The number of aromatic nitrogens is 4. The summed E-state index contributed by atoms with van der Waals surface area (Å²) in [5.74, 6) is 0.874. The second-order valence-electron chi connectivity index (χ2n) is 5.45. The summed E-state index contributed by atoms with van der Waals surface area (Å²) in [5.41, 5.74) is 2.16. The van der Waals surface area contributed by atoms with Gasteiger partial charge in [0.2, 0.25) is 5.16 Å². The van der Waals surface area contributed by atoms with Crippen LogP contribution in [0.2, 0.25) is 0 Å². The molecule has 6 nitrogen and oxygen atoms in total. The molecule has 2 aromatic rings. The van der Waals surface area contributed by atoms with Crippen molar-refractivity contribution < 1.29 is 0 Å². The van der Waals surface area contributed by atoms with Crippen LogP contribution in [0.15, 0.2) is 29.4 Å². The minimum atomic E-state index is -0.173. The predicted octanol–water partition coefficient (Wildman–Crippen LogP) is 3.32. The highest BCUT2D eigenvalue weighted by atomic mass is 32.2. The SMILES string of the molecule is CC(C)c1ccc(-n2nnnc2SC[C@H](C#N)CCC#N)cc1. The van der Waals surface area contributed by atoms with E-state index >= 15 is 0 Å². The van der Waals surface area contributed by atoms with Crippen molar-refractivity contribution in [2.24, 2.45) is 5.92 Å². The van der Waals surface area contributed by atoms with E-state index in [1.165, 1.54) is 17.3 Å². The maximum atomic E-state index is 9.12. The van der Waals surface area contributed by atoms with Gasteiger partial charge in [0.1, 0.15) is 0 Å². The summed E-state index contributed by atoms with van der Waals surface area (Å²) < 4.78 is 1.67. The molecule has 0 aliphatic carbocycles. The number of tetrazole rings is 1. The molecule has 23 heavy (non-hydrogen) atoms. The molecule has 1 atom stereocenters. The Morgan fingerprint density at radius 2 is 1.96 bits per heavy atom. The zero-order chi connectivity index (χ0) is 16.7. The molecule has 0 unspecified atom stereocenters. The van der Waals surface area contributed by atoms with Crippen LogP contribution in [0.25, 0.3) is 5.69 Å². The maximum absolute atomic E-state index is 9.12. The number of nitrogens with zero attached hydrogens (tertiary/aromatic N) is 6. The van der Waals surface area contributed by atoms with Gasteiger partial charge in [-0.25, -0.2) is 0 Å². The molecule has 1 heterocycles. The summed E-state index contributed by atoms with van der Waals surface area (Å²) in [6.45, 7) is 4.30. The number of thioether (sulfide) groups is 1. The molecular formula is C16H18N6S. The van der Waals surface area contributed by atoms with Crippen molar-refractivity contribution in [1.82, 2.24) is 20.2 Å². The van der Waals surface area contributed by atoms with Gasteiger partial charge in [0, 0.05) is 12.2 Å². The maximum Gasteiger partial charge on any atom is 0.214 e. The van der Waals surface area contributed by atoms with Crippen LogP contribution in [-0.2, 0) is 0 Å². The van der Waals surface area contributed by atoms with Crippen LogP contribution in [0.4, 0.5) is 0 Å². The Hall–Kier alpha value is -2.38. The second kappa shape index (κ2) is 8.30. The van der Waals surface area contributed by atoms with E-state index in [1.807, 2.05) is 12.1 Å². The lowest BCUT2D eigenvalue weighted by Crippen LogP contribution is -2.04. The van der Waals surface area contributed by atoms with Gasteiger partial charge in [-0.05, 0) is 40.5 Å². The lowest BCUT2D eigenvalue weighted by molar-refractivity contribution is 0.682. The molecule has 0 saturated heterocycles. The van der Waals surface area contributed by atoms with Crippen molar-refractivity contribution >= 4 is 11.8 Å². The van der Waals surface area contributed by atoms with Crippen LogP contribution in [0.3, 0.4) is 0 Å². The largest absolute Gasteiger partial charge is 0.214 e. The van der Waals surface area contributed by atoms with Gasteiger partial charge >= 0.3 is 0 Å². The highest BCUT2D eigenvalue weighted by molar-refractivity contribution is 7.99. The first kappa shape index (κ1) is 17.0.